The van der Waals surface area contributed by atoms with Crippen molar-refractivity contribution < 1.29 is 4.74 Å². The maximum Gasteiger partial charge on any atom is 0.220 e. The molecule has 1 rings (SSSR count). The number of nitrogens with one attached hydrogen (secondary N) is 1. The van der Waals surface area contributed by atoms with Gasteiger partial charge in [0, 0.05) is 20.2 Å². The summed E-state index contributed by atoms with van der Waals surface area (Å²) < 4.78 is 5.43. The molecule has 1 aliphatic rings. The molecule has 6 nitrogen and oxygen atoms in total. The Labute approximate surface area is 83.4 Å². The molecule has 0 aromatic rings. The molecule has 0 spiro atoms. The molecule has 0 aromatic carbocycles. The molecular weight excluding hydrogens is 182 g/mol. The van der Waals surface area contributed by atoms with Crippen LogP contribution >= 0.6 is 0 Å². The first-order valence-corrected chi connectivity index (χ1v) is 4.60. The van der Waals surface area contributed by atoms with Crippen LogP contribution in [-0.2, 0) is 4.74 Å². The molecule has 14 heavy (non-hydrogen) atoms. The fourth-order valence-electron chi connectivity index (χ4n) is 1.39. The van der Waals surface area contributed by atoms with Crippen molar-refractivity contribution in [3.05, 3.63) is 0 Å². The number of nitrogens with two attached hydrogens (primary N) is 2. The highest BCUT2D eigenvalue weighted by Gasteiger charge is 2.18. The van der Waals surface area contributed by atoms with E-state index in [-0.39, 0.29) is 18.0 Å². The van der Waals surface area contributed by atoms with Crippen LogP contribution in [0.3, 0.4) is 0 Å². The number of nitrogens with zero attached hydrogens (tertiary/aromatic N) is 2. The number of likely N-dealkylation sites (N-methyl/N-ethyl adjacent to an activating group) is 1. The number of guanidine groups is 2. The van der Waals surface area contributed by atoms with Crippen molar-refractivity contribution >= 4 is 11.9 Å². The van der Waals surface area contributed by atoms with Gasteiger partial charge in [-0.05, 0) is 12.8 Å². The lowest BCUT2D eigenvalue weighted by atomic mass is 10.2. The van der Waals surface area contributed by atoms with E-state index in [2.05, 4.69) is 4.99 Å². The number of hydrogen-bond donors (Lipinski definition) is 3. The van der Waals surface area contributed by atoms with Gasteiger partial charge >= 0.3 is 0 Å². The molecule has 1 unspecified atom stereocenters. The van der Waals surface area contributed by atoms with Gasteiger partial charge in [-0.2, -0.15) is 4.99 Å². The van der Waals surface area contributed by atoms with Crippen LogP contribution in [0.2, 0.25) is 0 Å². The Balaban J connectivity index is 2.36. The van der Waals surface area contributed by atoms with Crippen molar-refractivity contribution in [2.75, 3.05) is 20.2 Å². The molecule has 0 saturated carbocycles. The minimum absolute atomic E-state index is 0.0699. The van der Waals surface area contributed by atoms with E-state index >= 15 is 0 Å². The van der Waals surface area contributed by atoms with Crippen LogP contribution in [0.25, 0.3) is 0 Å². The van der Waals surface area contributed by atoms with Crippen molar-refractivity contribution in [1.29, 1.82) is 5.41 Å². The third kappa shape index (κ3) is 3.21. The normalized spacial score (nSPS) is 20.5. The maximum absolute atomic E-state index is 7.51. The SMILES string of the molecule is CN(CC1CCCO1)C(=N)N=C(N)N. The van der Waals surface area contributed by atoms with Crippen molar-refractivity contribution in [3.8, 4) is 0 Å². The standard InChI is InChI=1S/C8H17N5O/c1-13(8(11)12-7(9)10)5-6-3-2-4-14-6/h6H,2-5H2,1H3,(H5,9,10,11,12). The monoisotopic (exact) mass is 199 g/mol. The van der Waals surface area contributed by atoms with Crippen LogP contribution in [0.15, 0.2) is 4.99 Å². The third-order valence-electron chi connectivity index (χ3n) is 2.10. The molecule has 0 amide bonds. The molecule has 1 fully saturated rings. The Kier molecular flexibility index (Phi) is 3.70. The molecule has 1 atom stereocenters. The number of ether oxygens (including phenoxy) is 1. The van der Waals surface area contributed by atoms with E-state index in [1.54, 1.807) is 11.9 Å². The summed E-state index contributed by atoms with van der Waals surface area (Å²) in [6.07, 6.45) is 2.34. The molecule has 0 bridgehead atoms. The first-order chi connectivity index (χ1) is 6.59. The summed E-state index contributed by atoms with van der Waals surface area (Å²) in [5, 5.41) is 7.51. The minimum Gasteiger partial charge on any atom is -0.376 e. The number of aliphatic imine (C=N–C) groups is 1. The first-order valence-electron chi connectivity index (χ1n) is 4.60. The first kappa shape index (κ1) is 10.8. The van der Waals surface area contributed by atoms with Gasteiger partial charge in [-0.3, -0.25) is 5.41 Å². The maximum atomic E-state index is 7.51. The molecule has 0 aliphatic carbocycles. The van der Waals surface area contributed by atoms with Crippen LogP contribution < -0.4 is 11.5 Å². The quantitative estimate of drug-likeness (QED) is 0.404. The van der Waals surface area contributed by atoms with E-state index in [1.807, 2.05) is 0 Å². The summed E-state index contributed by atoms with van der Waals surface area (Å²) in [6.45, 7) is 1.48. The van der Waals surface area contributed by atoms with E-state index in [1.165, 1.54) is 0 Å². The zero-order valence-electron chi connectivity index (χ0n) is 8.36. The van der Waals surface area contributed by atoms with E-state index in [9.17, 15) is 0 Å². The fraction of sp³-hybridized carbons (Fsp3) is 0.750. The zero-order valence-corrected chi connectivity index (χ0v) is 8.36. The predicted molar refractivity (Wildman–Crippen MR) is 55.1 cm³/mol. The van der Waals surface area contributed by atoms with Gasteiger partial charge in [0.05, 0.1) is 6.10 Å². The van der Waals surface area contributed by atoms with Crippen molar-refractivity contribution in [2.45, 2.75) is 18.9 Å². The fourth-order valence-corrected chi connectivity index (χ4v) is 1.39. The van der Waals surface area contributed by atoms with Gasteiger partial charge in [-0.25, -0.2) is 0 Å². The second kappa shape index (κ2) is 4.80. The van der Waals surface area contributed by atoms with Gasteiger partial charge in [0.15, 0.2) is 5.96 Å². The average molecular weight is 199 g/mol. The summed E-state index contributed by atoms with van der Waals surface area (Å²) in [7, 11) is 1.77. The number of hydrogen-bond acceptors (Lipinski definition) is 2. The molecule has 5 N–H and O–H groups in total. The second-order valence-electron chi connectivity index (χ2n) is 3.38. The van der Waals surface area contributed by atoms with Crippen molar-refractivity contribution in [1.82, 2.24) is 4.90 Å². The van der Waals surface area contributed by atoms with Crippen LogP contribution in [0.5, 0.6) is 0 Å². The summed E-state index contributed by atoms with van der Waals surface area (Å²) in [6, 6.07) is 0. The lowest BCUT2D eigenvalue weighted by Gasteiger charge is -2.20. The van der Waals surface area contributed by atoms with Gasteiger partial charge in [-0.15, -0.1) is 0 Å². The molecule has 6 heteroatoms. The number of rotatable bonds is 2. The molecule has 0 radical (unpaired) electrons. The van der Waals surface area contributed by atoms with E-state index in [0.717, 1.165) is 19.4 Å². The summed E-state index contributed by atoms with van der Waals surface area (Å²) >= 11 is 0. The largest absolute Gasteiger partial charge is 0.376 e. The zero-order chi connectivity index (χ0) is 10.6. The molecule has 80 valence electrons. The lowest BCUT2D eigenvalue weighted by molar-refractivity contribution is 0.0955. The van der Waals surface area contributed by atoms with Gasteiger partial charge in [-0.1, -0.05) is 0 Å². The minimum atomic E-state index is -0.0887. The lowest BCUT2D eigenvalue weighted by Crippen LogP contribution is -2.35. The van der Waals surface area contributed by atoms with Crippen molar-refractivity contribution in [2.24, 2.45) is 16.5 Å². The summed E-state index contributed by atoms with van der Waals surface area (Å²) in [5.74, 6) is -0.0188. The highest BCUT2D eigenvalue weighted by atomic mass is 16.5. The molecular formula is C8H17N5O. The van der Waals surface area contributed by atoms with Crippen LogP contribution in [0, 0.1) is 5.41 Å². The van der Waals surface area contributed by atoms with Gasteiger partial charge < -0.3 is 21.1 Å². The topological polar surface area (TPSA) is 101 Å². The average Bonchev–Trinajstić information content (AvgIpc) is 2.55. The summed E-state index contributed by atoms with van der Waals surface area (Å²) in [5.41, 5.74) is 10.3. The van der Waals surface area contributed by atoms with Gasteiger partial charge in [0.25, 0.3) is 0 Å². The molecule has 1 aliphatic heterocycles. The van der Waals surface area contributed by atoms with E-state index < -0.39 is 0 Å². The Morgan fingerprint density at radius 2 is 2.36 bits per heavy atom. The van der Waals surface area contributed by atoms with Crippen LogP contribution in [0.4, 0.5) is 0 Å². The van der Waals surface area contributed by atoms with E-state index in [0.29, 0.717) is 6.54 Å². The Hall–Kier alpha value is -1.30. The van der Waals surface area contributed by atoms with Gasteiger partial charge in [0.2, 0.25) is 5.96 Å². The summed E-state index contributed by atoms with van der Waals surface area (Å²) in [4.78, 5) is 5.32. The van der Waals surface area contributed by atoms with Crippen LogP contribution in [0.1, 0.15) is 12.8 Å². The predicted octanol–water partition coefficient (Wildman–Crippen LogP) is -0.695. The Morgan fingerprint density at radius 1 is 1.64 bits per heavy atom. The molecule has 1 heterocycles. The third-order valence-corrected chi connectivity index (χ3v) is 2.10. The smallest absolute Gasteiger partial charge is 0.220 e. The Morgan fingerprint density at radius 3 is 2.86 bits per heavy atom. The highest BCUT2D eigenvalue weighted by molar-refractivity contribution is 5.91. The van der Waals surface area contributed by atoms with Crippen LogP contribution in [-0.4, -0.2) is 43.1 Å². The molecule has 0 aromatic heterocycles. The van der Waals surface area contributed by atoms with Gasteiger partial charge in [0.1, 0.15) is 0 Å². The van der Waals surface area contributed by atoms with E-state index in [4.69, 9.17) is 21.6 Å². The van der Waals surface area contributed by atoms with Crippen molar-refractivity contribution in [3.63, 3.8) is 0 Å². The molecule has 1 saturated heterocycles. The Bertz CT molecular complexity index is 230. The second-order valence-corrected chi connectivity index (χ2v) is 3.38. The highest BCUT2D eigenvalue weighted by Crippen LogP contribution is 2.12.